The van der Waals surface area contributed by atoms with Crippen molar-refractivity contribution in [3.8, 4) is 6.07 Å². The normalized spacial score (nSPS) is 17.2. The van der Waals surface area contributed by atoms with Crippen LogP contribution in [0.1, 0.15) is 11.1 Å². The van der Waals surface area contributed by atoms with Gasteiger partial charge in [0, 0.05) is 4.91 Å². The summed E-state index contributed by atoms with van der Waals surface area (Å²) in [6.45, 7) is 1.87. The standard InChI is InChI=1S/C19H14N2O3S2/c1-14-7-9-16(10-8-14)26(22,23)24-21-19-12-11-18(25-19)17(13-20)15-5-3-2-4-6-15/h2-12H,1H3/b18-17+,21-19?. The van der Waals surface area contributed by atoms with Gasteiger partial charge in [0.15, 0.2) is 0 Å². The second kappa shape index (κ2) is 7.60. The molecule has 7 heteroatoms. The zero-order chi connectivity index (χ0) is 18.6. The van der Waals surface area contributed by atoms with Gasteiger partial charge >= 0.3 is 10.1 Å². The fourth-order valence-electron chi connectivity index (χ4n) is 2.21. The summed E-state index contributed by atoms with van der Waals surface area (Å²) < 4.78 is 29.1. The second-order valence-electron chi connectivity index (χ2n) is 5.42. The van der Waals surface area contributed by atoms with E-state index in [9.17, 15) is 13.7 Å². The number of hydrogen-bond donors (Lipinski definition) is 0. The highest BCUT2D eigenvalue weighted by Crippen LogP contribution is 2.34. The third-order valence-electron chi connectivity index (χ3n) is 3.55. The van der Waals surface area contributed by atoms with E-state index >= 15 is 0 Å². The minimum Gasteiger partial charge on any atom is -0.264 e. The molecule has 0 unspecified atom stereocenters. The second-order valence-corrected chi connectivity index (χ2v) is 8.01. The van der Waals surface area contributed by atoms with Crippen LogP contribution in [0.25, 0.3) is 5.57 Å². The van der Waals surface area contributed by atoms with Gasteiger partial charge in [-0.15, -0.1) is 0 Å². The highest BCUT2D eigenvalue weighted by molar-refractivity contribution is 8.18. The van der Waals surface area contributed by atoms with Crippen LogP contribution in [0, 0.1) is 18.3 Å². The summed E-state index contributed by atoms with van der Waals surface area (Å²) in [6, 6.07) is 17.7. The molecule has 130 valence electrons. The van der Waals surface area contributed by atoms with E-state index < -0.39 is 10.1 Å². The maximum Gasteiger partial charge on any atom is 0.358 e. The fraction of sp³-hybridized carbons (Fsp3) is 0.0526. The van der Waals surface area contributed by atoms with E-state index in [0.29, 0.717) is 15.5 Å². The first kappa shape index (κ1) is 18.0. The van der Waals surface area contributed by atoms with Crippen molar-refractivity contribution in [1.82, 2.24) is 0 Å². The molecule has 0 amide bonds. The Morgan fingerprint density at radius 1 is 1.08 bits per heavy atom. The van der Waals surface area contributed by atoms with Gasteiger partial charge in [0.05, 0.1) is 5.57 Å². The maximum absolute atomic E-state index is 12.2. The minimum absolute atomic E-state index is 0.0391. The largest absolute Gasteiger partial charge is 0.358 e. The third-order valence-corrected chi connectivity index (χ3v) is 5.65. The number of benzene rings is 2. The summed E-state index contributed by atoms with van der Waals surface area (Å²) in [5.74, 6) is 0. The number of allylic oxidation sites excluding steroid dienone is 2. The zero-order valence-electron chi connectivity index (χ0n) is 13.8. The van der Waals surface area contributed by atoms with Crippen LogP contribution in [-0.4, -0.2) is 13.5 Å². The molecule has 0 radical (unpaired) electrons. The topological polar surface area (TPSA) is 79.5 Å². The number of rotatable bonds is 4. The van der Waals surface area contributed by atoms with Crippen LogP contribution < -0.4 is 0 Å². The van der Waals surface area contributed by atoms with E-state index in [-0.39, 0.29) is 4.90 Å². The maximum atomic E-state index is 12.2. The van der Waals surface area contributed by atoms with E-state index in [4.69, 9.17) is 4.28 Å². The number of nitrogens with zero attached hydrogens (tertiary/aromatic N) is 2. The number of aryl methyl sites for hydroxylation is 1. The van der Waals surface area contributed by atoms with Crippen molar-refractivity contribution in [3.05, 3.63) is 82.8 Å². The molecule has 0 saturated carbocycles. The average Bonchev–Trinajstić information content (AvgIpc) is 3.11. The molecule has 0 saturated heterocycles. The zero-order valence-corrected chi connectivity index (χ0v) is 15.4. The van der Waals surface area contributed by atoms with Gasteiger partial charge in [-0.3, -0.25) is 4.28 Å². The lowest BCUT2D eigenvalue weighted by Gasteiger charge is -2.03. The van der Waals surface area contributed by atoms with E-state index in [1.807, 2.05) is 37.3 Å². The molecule has 0 aliphatic carbocycles. The van der Waals surface area contributed by atoms with Gasteiger partial charge in [0.2, 0.25) is 0 Å². The van der Waals surface area contributed by atoms with Crippen molar-refractivity contribution < 1.29 is 12.7 Å². The Hall–Kier alpha value is -2.82. The molecule has 0 N–H and O–H groups in total. The Morgan fingerprint density at radius 3 is 2.42 bits per heavy atom. The summed E-state index contributed by atoms with van der Waals surface area (Å²) >= 11 is 1.18. The van der Waals surface area contributed by atoms with Crippen molar-refractivity contribution >= 4 is 32.5 Å². The van der Waals surface area contributed by atoms with Crippen molar-refractivity contribution in [3.63, 3.8) is 0 Å². The van der Waals surface area contributed by atoms with Gasteiger partial charge < -0.3 is 0 Å². The smallest absolute Gasteiger partial charge is 0.264 e. The van der Waals surface area contributed by atoms with Crippen LogP contribution in [0.4, 0.5) is 0 Å². The van der Waals surface area contributed by atoms with Crippen LogP contribution in [0.15, 0.2) is 81.7 Å². The van der Waals surface area contributed by atoms with Crippen LogP contribution in [0.5, 0.6) is 0 Å². The Bertz CT molecular complexity index is 1050. The van der Waals surface area contributed by atoms with Crippen LogP contribution in [0.3, 0.4) is 0 Å². The molecule has 0 atom stereocenters. The van der Waals surface area contributed by atoms with Crippen molar-refractivity contribution in [2.24, 2.45) is 5.16 Å². The molecule has 1 heterocycles. The summed E-state index contributed by atoms with van der Waals surface area (Å²) in [5.41, 5.74) is 2.24. The Labute approximate surface area is 156 Å². The predicted octanol–water partition coefficient (Wildman–Crippen LogP) is 4.25. The molecular weight excluding hydrogens is 368 g/mol. The SMILES string of the molecule is Cc1ccc(S(=O)(=O)ON=C2C=C/C(=C(/C#N)c3ccccc3)S2)cc1. The van der Waals surface area contributed by atoms with Crippen LogP contribution >= 0.6 is 11.8 Å². The summed E-state index contributed by atoms with van der Waals surface area (Å²) in [7, 11) is -3.98. The first-order valence-corrected chi connectivity index (χ1v) is 9.86. The molecule has 1 aliphatic rings. The van der Waals surface area contributed by atoms with Gasteiger partial charge in [-0.05, 0) is 36.8 Å². The molecular formula is C19H14N2O3S2. The molecule has 0 aromatic heterocycles. The minimum atomic E-state index is -3.98. The van der Waals surface area contributed by atoms with Gasteiger partial charge in [-0.2, -0.15) is 13.7 Å². The van der Waals surface area contributed by atoms with Gasteiger partial charge in [0.25, 0.3) is 0 Å². The lowest BCUT2D eigenvalue weighted by molar-refractivity contribution is 0.340. The molecule has 2 aromatic carbocycles. The highest BCUT2D eigenvalue weighted by atomic mass is 32.2. The predicted molar refractivity (Wildman–Crippen MR) is 103 cm³/mol. The molecule has 0 fully saturated rings. The third kappa shape index (κ3) is 4.04. The molecule has 0 bridgehead atoms. The van der Waals surface area contributed by atoms with Crippen molar-refractivity contribution in [2.75, 3.05) is 0 Å². The first-order chi connectivity index (χ1) is 12.5. The number of oxime groups is 1. The monoisotopic (exact) mass is 382 g/mol. The Balaban J connectivity index is 1.79. The average molecular weight is 382 g/mol. The number of thioether (sulfide) groups is 1. The fourth-order valence-corrected chi connectivity index (χ4v) is 3.83. The Kier molecular flexibility index (Phi) is 5.26. The molecule has 26 heavy (non-hydrogen) atoms. The quantitative estimate of drug-likeness (QED) is 0.583. The summed E-state index contributed by atoms with van der Waals surface area (Å²) in [6.07, 6.45) is 3.34. The van der Waals surface area contributed by atoms with E-state index in [2.05, 4.69) is 11.2 Å². The highest BCUT2D eigenvalue weighted by Gasteiger charge is 2.19. The molecule has 3 rings (SSSR count). The summed E-state index contributed by atoms with van der Waals surface area (Å²) in [5, 5.41) is 13.5. The van der Waals surface area contributed by atoms with Gasteiger partial charge in [-0.1, -0.05) is 64.9 Å². The van der Waals surface area contributed by atoms with E-state index in [1.165, 1.54) is 23.9 Å². The summed E-state index contributed by atoms with van der Waals surface area (Å²) in [4.78, 5) is 0.728. The lowest BCUT2D eigenvalue weighted by Crippen LogP contribution is -2.03. The first-order valence-electron chi connectivity index (χ1n) is 7.63. The molecule has 2 aromatic rings. The molecule has 5 nitrogen and oxygen atoms in total. The van der Waals surface area contributed by atoms with E-state index in [0.717, 1.165) is 11.1 Å². The van der Waals surface area contributed by atoms with Gasteiger partial charge in [-0.25, -0.2) is 0 Å². The van der Waals surface area contributed by atoms with Crippen molar-refractivity contribution in [1.29, 1.82) is 5.26 Å². The molecule has 0 spiro atoms. The molecule has 1 aliphatic heterocycles. The van der Waals surface area contributed by atoms with Crippen molar-refractivity contribution in [2.45, 2.75) is 11.8 Å². The number of nitriles is 1. The Morgan fingerprint density at radius 2 is 1.77 bits per heavy atom. The van der Waals surface area contributed by atoms with Crippen LogP contribution in [-0.2, 0) is 14.4 Å². The van der Waals surface area contributed by atoms with Crippen LogP contribution in [0.2, 0.25) is 0 Å². The number of hydrogen-bond acceptors (Lipinski definition) is 6. The van der Waals surface area contributed by atoms with Gasteiger partial charge in [0.1, 0.15) is 16.0 Å². The lowest BCUT2D eigenvalue weighted by atomic mass is 10.1. The van der Waals surface area contributed by atoms with E-state index in [1.54, 1.807) is 24.3 Å².